The Kier molecular flexibility index (Phi) is 17.7. The highest BCUT2D eigenvalue weighted by molar-refractivity contribution is 5.79. The summed E-state index contributed by atoms with van der Waals surface area (Å²) in [7, 11) is 0. The lowest BCUT2D eigenvalue weighted by Crippen LogP contribution is -2.34. The number of benzene rings is 5. The van der Waals surface area contributed by atoms with Crippen LogP contribution in [0.1, 0.15) is 33.7 Å². The van der Waals surface area contributed by atoms with E-state index in [2.05, 4.69) is 66.0 Å². The molecule has 1 amide bonds. The number of alkyl carbamates (subject to hydrolysis) is 1. The van der Waals surface area contributed by atoms with Crippen LogP contribution in [0.2, 0.25) is 0 Å². The summed E-state index contributed by atoms with van der Waals surface area (Å²) < 4.78 is 46.1. The van der Waals surface area contributed by atoms with E-state index in [9.17, 15) is 4.79 Å². The largest absolute Gasteiger partial charge is 0.449 e. The minimum Gasteiger partial charge on any atom is -0.449 e. The molecule has 5 aromatic carbocycles. The van der Waals surface area contributed by atoms with Crippen LogP contribution in [0.5, 0.6) is 0 Å². The second-order valence-electron chi connectivity index (χ2n) is 13.6. The van der Waals surface area contributed by atoms with Crippen molar-refractivity contribution in [1.82, 2.24) is 5.32 Å². The summed E-state index contributed by atoms with van der Waals surface area (Å²) in [5.41, 5.74) is 7.21. The Hall–Kier alpha value is -4.91. The smallest absolute Gasteiger partial charge is 0.407 e. The normalized spacial score (nSPS) is 12.3. The van der Waals surface area contributed by atoms with Crippen LogP contribution in [0.15, 0.2) is 140 Å². The maximum absolute atomic E-state index is 12.3. The predicted molar refractivity (Wildman–Crippen MR) is 223 cm³/mol. The third-order valence-electron chi connectivity index (χ3n) is 9.81. The molecular formula is C48H55NO9. The molecule has 1 N–H and O–H groups in total. The summed E-state index contributed by atoms with van der Waals surface area (Å²) in [6.45, 7) is 6.47. The highest BCUT2D eigenvalue weighted by atomic mass is 16.6. The number of hydrogen-bond donors (Lipinski definition) is 1. The van der Waals surface area contributed by atoms with E-state index in [4.69, 9.17) is 37.9 Å². The second-order valence-corrected chi connectivity index (χ2v) is 13.6. The van der Waals surface area contributed by atoms with E-state index in [1.54, 1.807) is 0 Å². The van der Waals surface area contributed by atoms with E-state index in [0.717, 1.165) is 16.7 Å². The maximum atomic E-state index is 12.3. The van der Waals surface area contributed by atoms with Gasteiger partial charge in [-0.05, 0) is 38.9 Å². The van der Waals surface area contributed by atoms with Gasteiger partial charge in [-0.25, -0.2) is 4.79 Å². The van der Waals surface area contributed by atoms with E-state index in [-0.39, 0.29) is 12.5 Å². The van der Waals surface area contributed by atoms with Crippen molar-refractivity contribution in [1.29, 1.82) is 0 Å². The number of amides is 1. The van der Waals surface area contributed by atoms with Gasteiger partial charge in [0, 0.05) is 12.5 Å². The molecule has 306 valence electrons. The average Bonchev–Trinajstić information content (AvgIpc) is 3.60. The zero-order valence-corrected chi connectivity index (χ0v) is 33.1. The van der Waals surface area contributed by atoms with Crippen LogP contribution in [0, 0.1) is 0 Å². The molecular weight excluding hydrogens is 735 g/mol. The Balaban J connectivity index is 0.716. The molecule has 0 unspecified atom stereocenters. The van der Waals surface area contributed by atoms with Crippen molar-refractivity contribution in [3.05, 3.63) is 167 Å². The number of carbonyl (C=O) groups is 1. The van der Waals surface area contributed by atoms with E-state index >= 15 is 0 Å². The molecule has 0 radical (unpaired) electrons. The first-order valence-electron chi connectivity index (χ1n) is 20.1. The molecule has 58 heavy (non-hydrogen) atoms. The predicted octanol–water partition coefficient (Wildman–Crippen LogP) is 7.63. The van der Waals surface area contributed by atoms with Crippen LogP contribution in [-0.2, 0) is 43.5 Å². The number of nitrogens with one attached hydrogen (secondary N) is 1. The summed E-state index contributed by atoms with van der Waals surface area (Å²) in [6, 6.07) is 47.5. The maximum Gasteiger partial charge on any atom is 0.407 e. The zero-order chi connectivity index (χ0) is 39.9. The van der Waals surface area contributed by atoms with Gasteiger partial charge in [-0.1, -0.05) is 140 Å². The first-order chi connectivity index (χ1) is 28.8. The zero-order valence-electron chi connectivity index (χ0n) is 33.1. The Bertz CT molecular complexity index is 1750. The Morgan fingerprint density at radius 3 is 1.19 bits per heavy atom. The topological polar surface area (TPSA) is 103 Å². The molecule has 5 aromatic rings. The number of ether oxygens (including phenoxy) is 8. The van der Waals surface area contributed by atoms with Crippen LogP contribution >= 0.6 is 0 Å². The molecule has 1 aliphatic carbocycles. The van der Waals surface area contributed by atoms with Gasteiger partial charge in [0.05, 0.1) is 85.9 Å². The quantitative estimate of drug-likeness (QED) is 0.0425. The first kappa shape index (κ1) is 42.7. The van der Waals surface area contributed by atoms with E-state index in [1.165, 1.54) is 22.3 Å². The highest BCUT2D eigenvalue weighted by Crippen LogP contribution is 2.44. The molecule has 6 rings (SSSR count). The molecule has 0 aliphatic heterocycles. The minimum absolute atomic E-state index is 0.0349. The van der Waals surface area contributed by atoms with Gasteiger partial charge < -0.3 is 43.2 Å². The van der Waals surface area contributed by atoms with Crippen molar-refractivity contribution in [2.45, 2.75) is 11.5 Å². The monoisotopic (exact) mass is 789 g/mol. The lowest BCUT2D eigenvalue weighted by molar-refractivity contribution is -0.0395. The molecule has 0 atom stereocenters. The van der Waals surface area contributed by atoms with E-state index in [0.29, 0.717) is 92.4 Å². The second kappa shape index (κ2) is 24.1. The summed E-state index contributed by atoms with van der Waals surface area (Å²) in [5.74, 6) is 0.0349. The third-order valence-corrected chi connectivity index (χ3v) is 9.81. The van der Waals surface area contributed by atoms with Crippen molar-refractivity contribution in [2.75, 3.05) is 99.0 Å². The van der Waals surface area contributed by atoms with Gasteiger partial charge in [0.2, 0.25) is 0 Å². The van der Waals surface area contributed by atoms with Gasteiger partial charge in [0.1, 0.15) is 12.2 Å². The van der Waals surface area contributed by atoms with Crippen molar-refractivity contribution in [2.24, 2.45) is 0 Å². The molecule has 0 bridgehead atoms. The molecule has 0 spiro atoms. The minimum atomic E-state index is -0.759. The van der Waals surface area contributed by atoms with Crippen LogP contribution in [-0.4, -0.2) is 105 Å². The van der Waals surface area contributed by atoms with Crippen molar-refractivity contribution in [3.63, 3.8) is 0 Å². The number of rotatable bonds is 27. The van der Waals surface area contributed by atoms with Gasteiger partial charge in [-0.3, -0.25) is 0 Å². The Morgan fingerprint density at radius 1 is 0.431 bits per heavy atom. The Labute approximate surface area is 342 Å². The van der Waals surface area contributed by atoms with E-state index < -0.39 is 11.7 Å². The molecule has 10 heteroatoms. The third kappa shape index (κ3) is 12.3. The molecule has 10 nitrogen and oxygen atoms in total. The van der Waals surface area contributed by atoms with Crippen LogP contribution in [0.3, 0.4) is 0 Å². The fraction of sp³-hybridized carbons (Fsp3) is 0.354. The number of hydrogen-bond acceptors (Lipinski definition) is 9. The fourth-order valence-corrected chi connectivity index (χ4v) is 7.10. The summed E-state index contributed by atoms with van der Waals surface area (Å²) in [5, 5.41) is 2.75. The van der Waals surface area contributed by atoms with Crippen molar-refractivity contribution < 1.29 is 42.7 Å². The van der Waals surface area contributed by atoms with Crippen molar-refractivity contribution in [3.8, 4) is 11.1 Å². The molecule has 0 saturated heterocycles. The van der Waals surface area contributed by atoms with E-state index in [1.807, 2.05) is 78.9 Å². The lowest BCUT2D eigenvalue weighted by Gasteiger charge is -2.36. The highest BCUT2D eigenvalue weighted by Gasteiger charge is 2.37. The SMILES string of the molecule is O=C(NCCOCCOCCOCCOCCOCCOCCOC(c1ccccc1)(c1ccccc1)c1ccccc1)OCC1c2ccccc2-c2ccccc21. The molecule has 0 aromatic heterocycles. The molecule has 0 saturated carbocycles. The van der Waals surface area contributed by atoms with Gasteiger partial charge in [0.15, 0.2) is 0 Å². The summed E-state index contributed by atoms with van der Waals surface area (Å²) in [4.78, 5) is 12.3. The number of carbonyl (C=O) groups excluding carboxylic acids is 1. The lowest BCUT2D eigenvalue weighted by atomic mass is 9.80. The Morgan fingerprint density at radius 2 is 0.776 bits per heavy atom. The summed E-state index contributed by atoms with van der Waals surface area (Å²) in [6.07, 6.45) is -0.451. The van der Waals surface area contributed by atoms with Gasteiger partial charge in [-0.15, -0.1) is 0 Å². The van der Waals surface area contributed by atoms with Crippen molar-refractivity contribution >= 4 is 6.09 Å². The van der Waals surface area contributed by atoms with Crippen LogP contribution < -0.4 is 5.32 Å². The van der Waals surface area contributed by atoms with Gasteiger partial charge in [-0.2, -0.15) is 0 Å². The molecule has 0 fully saturated rings. The first-order valence-corrected chi connectivity index (χ1v) is 20.1. The van der Waals surface area contributed by atoms with Crippen LogP contribution in [0.25, 0.3) is 11.1 Å². The fourth-order valence-electron chi connectivity index (χ4n) is 7.10. The van der Waals surface area contributed by atoms with Gasteiger partial charge in [0.25, 0.3) is 0 Å². The molecule has 1 aliphatic rings. The van der Waals surface area contributed by atoms with Crippen LogP contribution in [0.4, 0.5) is 4.79 Å². The number of fused-ring (bicyclic) bond motifs is 3. The molecule has 0 heterocycles. The van der Waals surface area contributed by atoms with Gasteiger partial charge >= 0.3 is 6.09 Å². The average molecular weight is 790 g/mol. The summed E-state index contributed by atoms with van der Waals surface area (Å²) >= 11 is 0. The standard InChI is InChI=1S/C48H55NO9/c50-47(57-38-46-44-22-12-10-20-42(44)43-21-11-13-23-45(43)46)49-24-25-51-26-27-52-28-29-53-30-31-54-32-33-55-34-35-56-36-37-58-48(39-14-4-1-5-15-39,40-16-6-2-7-17-40)41-18-8-3-9-19-41/h1-23,46H,24-38H2,(H,49,50).